The van der Waals surface area contributed by atoms with E-state index in [1.54, 1.807) is 11.3 Å². The van der Waals surface area contributed by atoms with Crippen LogP contribution < -0.4 is 5.73 Å². The Morgan fingerprint density at radius 2 is 2.11 bits per heavy atom. The molecule has 6 heteroatoms. The van der Waals surface area contributed by atoms with Gasteiger partial charge in [-0.15, -0.1) is 11.3 Å². The van der Waals surface area contributed by atoms with E-state index in [4.69, 9.17) is 10.9 Å². The molecule has 0 bridgehead atoms. The summed E-state index contributed by atoms with van der Waals surface area (Å²) in [6, 6.07) is 1.96. The van der Waals surface area contributed by atoms with E-state index in [-0.39, 0.29) is 17.7 Å². The molecule has 2 heterocycles. The lowest BCUT2D eigenvalue weighted by molar-refractivity contribution is 0.0714. The summed E-state index contributed by atoms with van der Waals surface area (Å²) in [5, 5.41) is 11.7. The first-order chi connectivity index (χ1) is 9.02. The number of amides is 1. The molecular weight excluding hydrogens is 262 g/mol. The van der Waals surface area contributed by atoms with Gasteiger partial charge >= 0.3 is 0 Å². The number of piperidine rings is 1. The predicted molar refractivity (Wildman–Crippen MR) is 75.8 cm³/mol. The molecule has 1 amide bonds. The summed E-state index contributed by atoms with van der Waals surface area (Å²) in [5.74, 6) is 0.454. The first kappa shape index (κ1) is 13.9. The minimum absolute atomic E-state index is 0.0841. The fourth-order valence-electron chi connectivity index (χ4n) is 2.29. The molecule has 1 aromatic rings. The molecule has 0 aromatic carbocycles. The zero-order valence-corrected chi connectivity index (χ0v) is 12.0. The Bertz CT molecular complexity index is 482. The van der Waals surface area contributed by atoms with Crippen LogP contribution in [0.4, 0.5) is 0 Å². The van der Waals surface area contributed by atoms with Crippen molar-refractivity contribution >= 4 is 23.1 Å². The number of oxime groups is 1. The Morgan fingerprint density at radius 3 is 2.58 bits per heavy atom. The van der Waals surface area contributed by atoms with E-state index in [1.165, 1.54) is 10.4 Å². The molecule has 0 spiro atoms. The van der Waals surface area contributed by atoms with Crippen LogP contribution in [-0.2, 0) is 0 Å². The minimum Gasteiger partial charge on any atom is -0.409 e. The second kappa shape index (κ2) is 5.61. The van der Waals surface area contributed by atoms with Crippen LogP contribution in [0, 0.1) is 19.8 Å². The Labute approximate surface area is 116 Å². The molecule has 3 N–H and O–H groups in total. The fourth-order valence-corrected chi connectivity index (χ4v) is 3.30. The zero-order chi connectivity index (χ0) is 14.0. The monoisotopic (exact) mass is 281 g/mol. The number of likely N-dealkylation sites (tertiary alicyclic amines) is 1. The highest BCUT2D eigenvalue weighted by atomic mass is 32.1. The van der Waals surface area contributed by atoms with Gasteiger partial charge in [0.25, 0.3) is 5.91 Å². The summed E-state index contributed by atoms with van der Waals surface area (Å²) in [5.41, 5.74) is 6.77. The summed E-state index contributed by atoms with van der Waals surface area (Å²) in [6.45, 7) is 5.38. The molecule has 1 aromatic heterocycles. The maximum Gasteiger partial charge on any atom is 0.263 e. The standard InChI is InChI=1S/C13H19N3O2S/c1-8-7-11(19-9(8)2)13(17)16-5-3-10(4-6-16)12(14)15-18/h7,10,18H,3-6H2,1-2H3,(H2,14,15). The van der Waals surface area contributed by atoms with Gasteiger partial charge in [0, 0.05) is 23.9 Å². The SMILES string of the molecule is Cc1cc(C(=O)N2CCC(C(N)=NO)CC2)sc1C. The van der Waals surface area contributed by atoms with Gasteiger partial charge in [-0.25, -0.2) is 0 Å². The molecule has 1 fully saturated rings. The number of amidine groups is 1. The maximum atomic E-state index is 12.3. The second-order valence-corrected chi connectivity index (χ2v) is 6.20. The van der Waals surface area contributed by atoms with E-state index < -0.39 is 0 Å². The molecule has 1 aliphatic rings. The van der Waals surface area contributed by atoms with E-state index in [1.807, 2.05) is 24.8 Å². The van der Waals surface area contributed by atoms with Gasteiger partial charge in [-0.1, -0.05) is 5.16 Å². The van der Waals surface area contributed by atoms with Crippen LogP contribution >= 0.6 is 11.3 Å². The molecule has 2 rings (SSSR count). The molecule has 0 unspecified atom stereocenters. The Hall–Kier alpha value is -1.56. The number of nitrogens with zero attached hydrogens (tertiary/aromatic N) is 2. The van der Waals surface area contributed by atoms with Crippen LogP contribution in [0.25, 0.3) is 0 Å². The molecule has 0 radical (unpaired) electrons. The van der Waals surface area contributed by atoms with Crippen LogP contribution in [0.15, 0.2) is 11.2 Å². The number of thiophene rings is 1. The van der Waals surface area contributed by atoms with Gasteiger partial charge in [-0.05, 0) is 38.3 Å². The van der Waals surface area contributed by atoms with Crippen LogP contribution in [0.1, 0.15) is 33.0 Å². The zero-order valence-electron chi connectivity index (χ0n) is 11.2. The van der Waals surface area contributed by atoms with Crippen molar-refractivity contribution in [3.05, 3.63) is 21.4 Å². The first-order valence-electron chi connectivity index (χ1n) is 6.36. The predicted octanol–water partition coefficient (Wildman–Crippen LogP) is 1.96. The lowest BCUT2D eigenvalue weighted by atomic mass is 9.96. The summed E-state index contributed by atoms with van der Waals surface area (Å²) in [6.07, 6.45) is 1.51. The van der Waals surface area contributed by atoms with E-state index >= 15 is 0 Å². The number of nitrogens with two attached hydrogens (primary N) is 1. The van der Waals surface area contributed by atoms with E-state index in [0.717, 1.165) is 17.7 Å². The Morgan fingerprint density at radius 1 is 1.47 bits per heavy atom. The average molecular weight is 281 g/mol. The number of hydrogen-bond donors (Lipinski definition) is 2. The molecular formula is C13H19N3O2S. The smallest absolute Gasteiger partial charge is 0.263 e. The maximum absolute atomic E-state index is 12.3. The number of aryl methyl sites for hydroxylation is 2. The van der Waals surface area contributed by atoms with Crippen LogP contribution in [0.2, 0.25) is 0 Å². The normalized spacial score (nSPS) is 17.8. The molecule has 104 valence electrons. The van der Waals surface area contributed by atoms with Gasteiger partial charge in [0.05, 0.1) is 4.88 Å². The Balaban J connectivity index is 2.00. The molecule has 0 saturated carbocycles. The highest BCUT2D eigenvalue weighted by Crippen LogP contribution is 2.24. The van der Waals surface area contributed by atoms with E-state index in [0.29, 0.717) is 13.1 Å². The third kappa shape index (κ3) is 2.89. The highest BCUT2D eigenvalue weighted by molar-refractivity contribution is 7.14. The number of hydrogen-bond acceptors (Lipinski definition) is 4. The quantitative estimate of drug-likeness (QED) is 0.376. The topological polar surface area (TPSA) is 78.9 Å². The van der Waals surface area contributed by atoms with Gasteiger partial charge in [-0.3, -0.25) is 4.79 Å². The van der Waals surface area contributed by atoms with Crippen molar-refractivity contribution < 1.29 is 10.0 Å². The van der Waals surface area contributed by atoms with Crippen molar-refractivity contribution in [1.82, 2.24) is 4.90 Å². The third-order valence-corrected chi connectivity index (χ3v) is 4.83. The molecule has 0 atom stereocenters. The summed E-state index contributed by atoms with van der Waals surface area (Å²) in [4.78, 5) is 16.2. The fraction of sp³-hybridized carbons (Fsp3) is 0.538. The van der Waals surface area contributed by atoms with Crippen LogP contribution in [0.5, 0.6) is 0 Å². The third-order valence-electron chi connectivity index (χ3n) is 3.69. The van der Waals surface area contributed by atoms with Crippen LogP contribution in [-0.4, -0.2) is 34.9 Å². The minimum atomic E-state index is 0.0841. The van der Waals surface area contributed by atoms with Crippen molar-refractivity contribution in [3.8, 4) is 0 Å². The van der Waals surface area contributed by atoms with Crippen molar-refractivity contribution in [2.24, 2.45) is 16.8 Å². The molecule has 5 nitrogen and oxygen atoms in total. The number of rotatable bonds is 2. The van der Waals surface area contributed by atoms with E-state index in [9.17, 15) is 4.79 Å². The van der Waals surface area contributed by atoms with Crippen molar-refractivity contribution in [2.45, 2.75) is 26.7 Å². The van der Waals surface area contributed by atoms with Gasteiger partial charge in [0.2, 0.25) is 0 Å². The number of carbonyl (C=O) groups excluding carboxylic acids is 1. The summed E-state index contributed by atoms with van der Waals surface area (Å²) in [7, 11) is 0. The lowest BCUT2D eigenvalue weighted by Crippen LogP contribution is -2.41. The van der Waals surface area contributed by atoms with Gasteiger partial charge in [-0.2, -0.15) is 0 Å². The highest BCUT2D eigenvalue weighted by Gasteiger charge is 2.26. The van der Waals surface area contributed by atoms with Crippen molar-refractivity contribution in [1.29, 1.82) is 0 Å². The lowest BCUT2D eigenvalue weighted by Gasteiger charge is -2.31. The molecule has 1 saturated heterocycles. The largest absolute Gasteiger partial charge is 0.409 e. The average Bonchev–Trinajstić information content (AvgIpc) is 2.77. The molecule has 19 heavy (non-hydrogen) atoms. The Kier molecular flexibility index (Phi) is 4.09. The molecule has 0 aliphatic carbocycles. The molecule has 1 aliphatic heterocycles. The van der Waals surface area contributed by atoms with Crippen molar-refractivity contribution in [3.63, 3.8) is 0 Å². The summed E-state index contributed by atoms with van der Waals surface area (Å²) < 4.78 is 0. The summed E-state index contributed by atoms with van der Waals surface area (Å²) >= 11 is 1.55. The van der Waals surface area contributed by atoms with Crippen LogP contribution in [0.3, 0.4) is 0 Å². The number of carbonyl (C=O) groups is 1. The van der Waals surface area contributed by atoms with Gasteiger partial charge in [0.15, 0.2) is 0 Å². The second-order valence-electron chi connectivity index (χ2n) is 4.94. The van der Waals surface area contributed by atoms with Gasteiger partial charge in [0.1, 0.15) is 5.84 Å². The van der Waals surface area contributed by atoms with E-state index in [2.05, 4.69) is 5.16 Å². The van der Waals surface area contributed by atoms with Gasteiger partial charge < -0.3 is 15.8 Å². The first-order valence-corrected chi connectivity index (χ1v) is 7.18. The van der Waals surface area contributed by atoms with Crippen molar-refractivity contribution in [2.75, 3.05) is 13.1 Å².